The molecule has 1 aliphatic carbocycles. The molecule has 0 spiro atoms. The number of ether oxygens (including phenoxy) is 1. The molecule has 2 aliphatic rings. The van der Waals surface area contributed by atoms with E-state index in [1.54, 1.807) is 0 Å². The average Bonchev–Trinajstić information content (AvgIpc) is 3.49. The van der Waals surface area contributed by atoms with Gasteiger partial charge in [-0.05, 0) is 66.7 Å². The van der Waals surface area contributed by atoms with Gasteiger partial charge in [0.25, 0.3) is 5.89 Å². The Morgan fingerprint density at radius 3 is 2.65 bits per heavy atom. The molecule has 2 fully saturated rings. The van der Waals surface area contributed by atoms with Crippen LogP contribution in [0.2, 0.25) is 0 Å². The number of nitrogen functional groups attached to an aromatic ring is 1. The number of hydrogen-bond donors (Lipinski definition) is 2. The first kappa shape index (κ1) is 20.2. The first-order valence-corrected chi connectivity index (χ1v) is 11.3. The molecule has 5 rings (SSSR count). The largest absolute Gasteiger partial charge is 0.402 e. The highest BCUT2D eigenvalue weighted by Gasteiger charge is 2.28. The zero-order chi connectivity index (χ0) is 21.6. The van der Waals surface area contributed by atoms with Crippen molar-refractivity contribution in [1.29, 1.82) is 0 Å². The maximum Gasteiger partial charge on any atom is 0.315 e. The van der Waals surface area contributed by atoms with E-state index in [4.69, 9.17) is 19.9 Å². The van der Waals surface area contributed by atoms with Crippen LogP contribution in [0.5, 0.6) is 0 Å². The summed E-state index contributed by atoms with van der Waals surface area (Å²) in [4.78, 5) is 4.93. The van der Waals surface area contributed by atoms with Crippen LogP contribution >= 0.6 is 0 Å². The number of rotatable bonds is 5. The zero-order valence-corrected chi connectivity index (χ0v) is 18.6. The number of nitrogens with one attached hydrogen (secondary N) is 1. The zero-order valence-electron chi connectivity index (χ0n) is 18.6. The Bertz CT molecular complexity index is 1090. The predicted octanol–water partition coefficient (Wildman–Crippen LogP) is 5.02. The summed E-state index contributed by atoms with van der Waals surface area (Å²) in [5.41, 5.74) is 11.2. The van der Waals surface area contributed by atoms with Crippen molar-refractivity contribution in [1.82, 2.24) is 15.2 Å². The third-order valence-corrected chi connectivity index (χ3v) is 6.22. The molecule has 7 nitrogen and oxygen atoms in total. The van der Waals surface area contributed by atoms with Crippen LogP contribution in [0.1, 0.15) is 69.9 Å². The highest BCUT2D eigenvalue weighted by Crippen LogP contribution is 2.44. The van der Waals surface area contributed by atoms with Gasteiger partial charge in [-0.3, -0.25) is 0 Å². The van der Waals surface area contributed by atoms with Gasteiger partial charge in [0.05, 0.1) is 11.6 Å². The molecular weight excluding hydrogens is 390 g/mol. The summed E-state index contributed by atoms with van der Waals surface area (Å²) in [5.74, 6) is 1.02. The molecule has 1 aliphatic heterocycles. The lowest BCUT2D eigenvalue weighted by Crippen LogP contribution is -2.27. The first-order valence-electron chi connectivity index (χ1n) is 11.3. The number of fused-ring (bicyclic) bond motifs is 1. The fourth-order valence-corrected chi connectivity index (χ4v) is 4.28. The summed E-state index contributed by atoms with van der Waals surface area (Å²) in [6.07, 6.45) is 6.08. The van der Waals surface area contributed by atoms with Crippen molar-refractivity contribution < 1.29 is 9.15 Å². The summed E-state index contributed by atoms with van der Waals surface area (Å²) < 4.78 is 11.6. The molecule has 1 aromatic carbocycles. The summed E-state index contributed by atoms with van der Waals surface area (Å²) in [6.45, 7) is 8.12. The van der Waals surface area contributed by atoms with Gasteiger partial charge >= 0.3 is 6.01 Å². The van der Waals surface area contributed by atoms with Crippen LogP contribution in [-0.4, -0.2) is 34.4 Å². The Kier molecular flexibility index (Phi) is 5.08. The van der Waals surface area contributed by atoms with E-state index in [0.29, 0.717) is 35.7 Å². The van der Waals surface area contributed by atoms with E-state index in [-0.39, 0.29) is 11.5 Å². The number of anilines is 2. The van der Waals surface area contributed by atoms with Crippen LogP contribution < -0.4 is 11.1 Å². The molecule has 0 radical (unpaired) electrons. The topological polar surface area (TPSA) is 99.1 Å². The van der Waals surface area contributed by atoms with Gasteiger partial charge in [-0.15, -0.1) is 5.10 Å². The van der Waals surface area contributed by atoms with Gasteiger partial charge in [0.2, 0.25) is 0 Å². The number of hydrogen-bond acceptors (Lipinski definition) is 7. The van der Waals surface area contributed by atoms with Gasteiger partial charge in [0.1, 0.15) is 5.69 Å². The Morgan fingerprint density at radius 2 is 1.94 bits per heavy atom. The van der Waals surface area contributed by atoms with Crippen LogP contribution in [-0.2, 0) is 10.2 Å². The average molecular weight is 422 g/mol. The van der Waals surface area contributed by atoms with Crippen molar-refractivity contribution in [2.75, 3.05) is 24.2 Å². The minimum absolute atomic E-state index is 0.0528. The molecule has 1 saturated heterocycles. The number of nitrogens with zero attached hydrogens (tertiary/aromatic N) is 3. The maximum absolute atomic E-state index is 6.50. The van der Waals surface area contributed by atoms with E-state index in [1.165, 1.54) is 30.4 Å². The van der Waals surface area contributed by atoms with Crippen LogP contribution in [0.25, 0.3) is 22.5 Å². The molecule has 1 saturated carbocycles. The fourth-order valence-electron chi connectivity index (χ4n) is 4.28. The Morgan fingerprint density at radius 1 is 1.10 bits per heavy atom. The highest BCUT2D eigenvalue weighted by atomic mass is 16.5. The Labute approximate surface area is 182 Å². The Balaban J connectivity index is 1.46. The molecule has 1 unspecified atom stereocenters. The van der Waals surface area contributed by atoms with Crippen molar-refractivity contribution in [3.63, 3.8) is 0 Å². The number of benzene rings is 1. The molecule has 2 aromatic heterocycles. The Hall–Kier alpha value is -2.67. The second kappa shape index (κ2) is 7.79. The van der Waals surface area contributed by atoms with Gasteiger partial charge in [-0.2, -0.15) is 0 Å². The quantitative estimate of drug-likeness (QED) is 0.596. The van der Waals surface area contributed by atoms with Gasteiger partial charge in [-0.25, -0.2) is 4.98 Å². The smallest absolute Gasteiger partial charge is 0.315 e. The van der Waals surface area contributed by atoms with Crippen LogP contribution in [0.15, 0.2) is 22.6 Å². The molecule has 3 heterocycles. The van der Waals surface area contributed by atoms with Crippen molar-refractivity contribution in [3.8, 4) is 11.6 Å². The van der Waals surface area contributed by atoms with Crippen LogP contribution in [0, 0.1) is 0 Å². The fraction of sp³-hybridized carbons (Fsp3) is 0.542. The monoisotopic (exact) mass is 421 g/mol. The lowest BCUT2D eigenvalue weighted by molar-refractivity contribution is 0.0245. The first-order chi connectivity index (χ1) is 14.9. The third kappa shape index (κ3) is 4.24. The third-order valence-electron chi connectivity index (χ3n) is 6.22. The summed E-state index contributed by atoms with van der Waals surface area (Å²) >= 11 is 0. The van der Waals surface area contributed by atoms with E-state index in [1.807, 2.05) is 6.07 Å². The van der Waals surface area contributed by atoms with E-state index in [9.17, 15) is 0 Å². The van der Waals surface area contributed by atoms with E-state index in [0.717, 1.165) is 30.4 Å². The van der Waals surface area contributed by atoms with Crippen LogP contribution in [0.4, 0.5) is 11.7 Å². The van der Waals surface area contributed by atoms with Crippen molar-refractivity contribution in [2.45, 2.75) is 70.3 Å². The minimum atomic E-state index is -0.0528. The van der Waals surface area contributed by atoms with Gasteiger partial charge in [0.15, 0.2) is 0 Å². The normalized spacial score (nSPS) is 19.6. The molecule has 1 atom stereocenters. The van der Waals surface area contributed by atoms with Crippen LogP contribution in [0.3, 0.4) is 0 Å². The van der Waals surface area contributed by atoms with E-state index < -0.39 is 0 Å². The van der Waals surface area contributed by atoms with Crippen molar-refractivity contribution >= 4 is 22.6 Å². The number of pyridine rings is 1. The number of aromatic nitrogens is 3. The highest BCUT2D eigenvalue weighted by molar-refractivity contribution is 5.95. The van der Waals surface area contributed by atoms with Gasteiger partial charge < -0.3 is 20.2 Å². The van der Waals surface area contributed by atoms with Crippen molar-refractivity contribution in [3.05, 3.63) is 29.3 Å². The molecule has 7 heteroatoms. The standard InChI is InChI=1S/C24H31N5O2/c1-24(2,3)18-11-15(14-7-8-14)10-17-19(25)12-20(27-21(17)18)22-28-29-23(31-22)26-13-16-6-4-5-9-30-16/h10-12,14,16H,4-9,13H2,1-3H3,(H2,25,27)(H,26,29). The lowest BCUT2D eigenvalue weighted by Gasteiger charge is -2.23. The molecule has 0 amide bonds. The number of nitrogens with two attached hydrogens (primary N) is 1. The minimum Gasteiger partial charge on any atom is -0.402 e. The summed E-state index contributed by atoms with van der Waals surface area (Å²) in [7, 11) is 0. The van der Waals surface area contributed by atoms with E-state index >= 15 is 0 Å². The second-order valence-electron chi connectivity index (χ2n) is 9.87. The molecule has 0 bridgehead atoms. The molecule has 3 N–H and O–H groups in total. The molecule has 31 heavy (non-hydrogen) atoms. The summed E-state index contributed by atoms with van der Waals surface area (Å²) in [5, 5.41) is 12.5. The van der Waals surface area contributed by atoms with Gasteiger partial charge in [0, 0.05) is 24.2 Å². The SMILES string of the molecule is CC(C)(C)c1cc(C2CC2)cc2c(N)cc(-c3nnc(NCC4CCCCO4)o3)nc12. The molecule has 164 valence electrons. The maximum atomic E-state index is 6.50. The predicted molar refractivity (Wildman–Crippen MR) is 122 cm³/mol. The second-order valence-corrected chi connectivity index (χ2v) is 9.87. The lowest BCUT2D eigenvalue weighted by atomic mass is 9.83. The van der Waals surface area contributed by atoms with Crippen molar-refractivity contribution in [2.24, 2.45) is 0 Å². The molecule has 3 aromatic rings. The molecular formula is C24H31N5O2. The summed E-state index contributed by atoms with van der Waals surface area (Å²) in [6, 6.07) is 6.73. The van der Waals surface area contributed by atoms with Gasteiger partial charge in [-0.1, -0.05) is 31.9 Å². The van der Waals surface area contributed by atoms with E-state index in [2.05, 4.69) is 48.4 Å².